The van der Waals surface area contributed by atoms with Gasteiger partial charge in [0.1, 0.15) is 5.82 Å². The van der Waals surface area contributed by atoms with E-state index in [4.69, 9.17) is 5.73 Å². The molecule has 0 saturated carbocycles. The molecule has 90 valence electrons. The molecule has 1 nitrogen and oxygen atoms in total. The molecule has 1 aromatic carbocycles. The minimum Gasteiger partial charge on any atom is -0.320 e. The van der Waals surface area contributed by atoms with Crippen LogP contribution in [0, 0.1) is 19.7 Å². The molecular formula is C13H13BrFNS. The molecule has 2 rings (SSSR count). The molecule has 1 aromatic heterocycles. The summed E-state index contributed by atoms with van der Waals surface area (Å²) >= 11 is 5.05. The van der Waals surface area contributed by atoms with Crippen LogP contribution in [0.5, 0.6) is 0 Å². The number of benzene rings is 1. The van der Waals surface area contributed by atoms with Crippen molar-refractivity contribution in [1.82, 2.24) is 0 Å². The Labute approximate surface area is 113 Å². The van der Waals surface area contributed by atoms with Gasteiger partial charge in [0.05, 0.1) is 6.04 Å². The van der Waals surface area contributed by atoms with E-state index in [0.29, 0.717) is 10.0 Å². The highest BCUT2D eigenvalue weighted by Crippen LogP contribution is 2.33. The predicted molar refractivity (Wildman–Crippen MR) is 73.9 cm³/mol. The van der Waals surface area contributed by atoms with E-state index in [2.05, 4.69) is 15.9 Å². The van der Waals surface area contributed by atoms with Crippen molar-refractivity contribution < 1.29 is 4.39 Å². The summed E-state index contributed by atoms with van der Waals surface area (Å²) in [7, 11) is 0. The van der Waals surface area contributed by atoms with Crippen molar-refractivity contribution in [2.45, 2.75) is 19.9 Å². The Morgan fingerprint density at radius 1 is 1.35 bits per heavy atom. The Hall–Kier alpha value is -0.710. The second-order valence-electron chi connectivity index (χ2n) is 3.98. The topological polar surface area (TPSA) is 26.0 Å². The first kappa shape index (κ1) is 12.7. The smallest absolute Gasteiger partial charge is 0.129 e. The van der Waals surface area contributed by atoms with Gasteiger partial charge in [0.2, 0.25) is 0 Å². The molecule has 1 unspecified atom stereocenters. The van der Waals surface area contributed by atoms with Crippen molar-refractivity contribution in [3.63, 3.8) is 0 Å². The third-order valence-corrected chi connectivity index (χ3v) is 4.40. The van der Waals surface area contributed by atoms with Gasteiger partial charge in [0, 0.05) is 19.8 Å². The number of hydrogen-bond donors (Lipinski definition) is 1. The summed E-state index contributed by atoms with van der Waals surface area (Å²) in [5, 5.41) is 0. The Morgan fingerprint density at radius 3 is 2.59 bits per heavy atom. The molecule has 0 saturated heterocycles. The molecule has 0 radical (unpaired) electrons. The minimum atomic E-state index is -0.421. The number of hydrogen-bond acceptors (Lipinski definition) is 2. The maximum absolute atomic E-state index is 13.8. The Balaban J connectivity index is 2.51. The number of halogens is 2. The molecule has 1 heterocycles. The quantitative estimate of drug-likeness (QED) is 0.878. The van der Waals surface area contributed by atoms with Crippen LogP contribution in [-0.4, -0.2) is 0 Å². The lowest BCUT2D eigenvalue weighted by atomic mass is 9.99. The number of nitrogens with two attached hydrogens (primary N) is 1. The van der Waals surface area contributed by atoms with Gasteiger partial charge in [-0.25, -0.2) is 4.39 Å². The Kier molecular flexibility index (Phi) is 3.66. The largest absolute Gasteiger partial charge is 0.320 e. The van der Waals surface area contributed by atoms with Crippen LogP contribution in [0.3, 0.4) is 0 Å². The van der Waals surface area contributed by atoms with Gasteiger partial charge >= 0.3 is 0 Å². The lowest BCUT2D eigenvalue weighted by Crippen LogP contribution is -2.14. The molecule has 0 aliphatic carbocycles. The normalized spacial score (nSPS) is 12.8. The third kappa shape index (κ3) is 2.44. The summed E-state index contributed by atoms with van der Waals surface area (Å²) in [4.78, 5) is 2.34. The van der Waals surface area contributed by atoms with Crippen molar-refractivity contribution in [3.05, 3.63) is 55.4 Å². The maximum Gasteiger partial charge on any atom is 0.129 e. The van der Waals surface area contributed by atoms with Gasteiger partial charge in [0.15, 0.2) is 0 Å². The van der Waals surface area contributed by atoms with Crippen LogP contribution in [0.2, 0.25) is 0 Å². The van der Waals surface area contributed by atoms with Gasteiger partial charge in [-0.05, 0) is 37.6 Å². The first-order chi connectivity index (χ1) is 8.00. The van der Waals surface area contributed by atoms with Gasteiger partial charge in [-0.1, -0.05) is 22.0 Å². The Bertz CT molecular complexity index is 530. The molecule has 0 aliphatic rings. The molecule has 0 bridgehead atoms. The van der Waals surface area contributed by atoms with Crippen LogP contribution in [0.15, 0.2) is 28.7 Å². The van der Waals surface area contributed by atoms with E-state index in [-0.39, 0.29) is 5.82 Å². The first-order valence-corrected chi connectivity index (χ1v) is 6.88. The van der Waals surface area contributed by atoms with Crippen molar-refractivity contribution >= 4 is 27.3 Å². The van der Waals surface area contributed by atoms with E-state index >= 15 is 0 Å². The zero-order valence-corrected chi connectivity index (χ0v) is 12.0. The first-order valence-electron chi connectivity index (χ1n) is 5.27. The minimum absolute atomic E-state index is 0.268. The molecule has 0 spiro atoms. The fraction of sp³-hybridized carbons (Fsp3) is 0.231. The average molecular weight is 314 g/mol. The van der Waals surface area contributed by atoms with E-state index in [1.54, 1.807) is 17.4 Å². The molecule has 0 amide bonds. The molecule has 0 fully saturated rings. The summed E-state index contributed by atoms with van der Waals surface area (Å²) in [6, 6.07) is 6.53. The van der Waals surface area contributed by atoms with Crippen LogP contribution in [0.4, 0.5) is 4.39 Å². The second kappa shape index (κ2) is 4.88. The molecule has 2 N–H and O–H groups in total. The fourth-order valence-electron chi connectivity index (χ4n) is 1.92. The zero-order chi connectivity index (χ0) is 12.6. The van der Waals surface area contributed by atoms with Gasteiger partial charge in [-0.2, -0.15) is 0 Å². The summed E-state index contributed by atoms with van der Waals surface area (Å²) in [6.45, 7) is 4.05. The lowest BCUT2D eigenvalue weighted by molar-refractivity contribution is 0.598. The SMILES string of the molecule is Cc1cc(C(N)c2c(F)cccc2Br)c(C)s1. The van der Waals surface area contributed by atoms with Crippen molar-refractivity contribution in [2.75, 3.05) is 0 Å². The highest BCUT2D eigenvalue weighted by Gasteiger charge is 2.19. The van der Waals surface area contributed by atoms with Crippen molar-refractivity contribution in [2.24, 2.45) is 5.73 Å². The van der Waals surface area contributed by atoms with Crippen LogP contribution >= 0.6 is 27.3 Å². The van der Waals surface area contributed by atoms with E-state index in [0.717, 1.165) is 10.4 Å². The highest BCUT2D eigenvalue weighted by atomic mass is 79.9. The van der Waals surface area contributed by atoms with Crippen LogP contribution in [0.1, 0.15) is 26.9 Å². The van der Waals surface area contributed by atoms with Crippen molar-refractivity contribution in [3.8, 4) is 0 Å². The fourth-order valence-corrected chi connectivity index (χ4v) is 3.48. The molecule has 4 heteroatoms. The van der Waals surface area contributed by atoms with Gasteiger partial charge in [-0.15, -0.1) is 11.3 Å². The lowest BCUT2D eigenvalue weighted by Gasteiger charge is -2.14. The highest BCUT2D eigenvalue weighted by molar-refractivity contribution is 9.10. The number of rotatable bonds is 2. The van der Waals surface area contributed by atoms with Crippen LogP contribution < -0.4 is 5.73 Å². The standard InChI is InChI=1S/C13H13BrFNS/c1-7-6-9(8(2)17-7)13(16)12-10(14)4-3-5-11(12)15/h3-6,13H,16H2,1-2H3. The van der Waals surface area contributed by atoms with Crippen molar-refractivity contribution in [1.29, 1.82) is 0 Å². The summed E-state index contributed by atoms with van der Waals surface area (Å²) in [5.74, 6) is -0.268. The Morgan fingerprint density at radius 2 is 2.06 bits per heavy atom. The third-order valence-electron chi connectivity index (χ3n) is 2.73. The summed E-state index contributed by atoms with van der Waals surface area (Å²) in [6.07, 6.45) is 0. The van der Waals surface area contributed by atoms with E-state index < -0.39 is 6.04 Å². The van der Waals surface area contributed by atoms with E-state index in [1.807, 2.05) is 26.0 Å². The molecular weight excluding hydrogens is 301 g/mol. The predicted octanol–water partition coefficient (Wildman–Crippen LogP) is 4.31. The monoisotopic (exact) mass is 313 g/mol. The average Bonchev–Trinajstić information content (AvgIpc) is 2.57. The van der Waals surface area contributed by atoms with E-state index in [9.17, 15) is 4.39 Å². The van der Waals surface area contributed by atoms with Crippen LogP contribution in [-0.2, 0) is 0 Å². The van der Waals surface area contributed by atoms with E-state index in [1.165, 1.54) is 10.9 Å². The van der Waals surface area contributed by atoms with Gasteiger partial charge < -0.3 is 5.73 Å². The molecule has 0 aliphatic heterocycles. The van der Waals surface area contributed by atoms with Gasteiger partial charge in [-0.3, -0.25) is 0 Å². The molecule has 1 atom stereocenters. The second-order valence-corrected chi connectivity index (χ2v) is 6.30. The molecule has 17 heavy (non-hydrogen) atoms. The number of aryl methyl sites for hydroxylation is 2. The summed E-state index contributed by atoms with van der Waals surface area (Å²) in [5.41, 5.74) is 7.69. The summed E-state index contributed by atoms with van der Waals surface area (Å²) < 4.78 is 14.5. The molecule has 2 aromatic rings. The zero-order valence-electron chi connectivity index (χ0n) is 9.63. The van der Waals surface area contributed by atoms with Crippen LogP contribution in [0.25, 0.3) is 0 Å². The number of thiophene rings is 1. The maximum atomic E-state index is 13.8. The van der Waals surface area contributed by atoms with Gasteiger partial charge in [0.25, 0.3) is 0 Å².